The molecule has 7 nitrogen and oxygen atoms in total. The summed E-state index contributed by atoms with van der Waals surface area (Å²) in [5, 5.41) is 12.7. The number of esters is 2. The van der Waals surface area contributed by atoms with Crippen molar-refractivity contribution in [2.45, 2.75) is 39.7 Å². The summed E-state index contributed by atoms with van der Waals surface area (Å²) in [5.41, 5.74) is 1.81. The lowest BCUT2D eigenvalue weighted by Gasteiger charge is -2.18. The number of para-hydroxylation sites is 2. The molecule has 1 heterocycles. The molecule has 0 saturated carbocycles. The number of nitrogens with zero attached hydrogens (tertiary/aromatic N) is 2. The van der Waals surface area contributed by atoms with Crippen molar-refractivity contribution in [2.24, 2.45) is 0 Å². The van der Waals surface area contributed by atoms with Crippen molar-refractivity contribution in [1.82, 2.24) is 4.98 Å². The number of carbonyl (C=O) groups excluding carboxylic acids is 2. The van der Waals surface area contributed by atoms with E-state index in [4.69, 9.17) is 9.47 Å². The summed E-state index contributed by atoms with van der Waals surface area (Å²) in [5.74, 6) is -1.39. The predicted octanol–water partition coefficient (Wildman–Crippen LogP) is 3.70. The first-order chi connectivity index (χ1) is 14.2. The maximum atomic E-state index is 12.7. The molecule has 156 valence electrons. The van der Waals surface area contributed by atoms with Gasteiger partial charge in [0.25, 0.3) is 0 Å². The molecule has 0 aliphatic heterocycles. The maximum Gasteiger partial charge on any atom is 0.407 e. The van der Waals surface area contributed by atoms with Gasteiger partial charge < -0.3 is 14.7 Å². The summed E-state index contributed by atoms with van der Waals surface area (Å²) in [6.45, 7) is 7.66. The quantitative estimate of drug-likeness (QED) is 0.363. The second-order valence-electron chi connectivity index (χ2n) is 7.81. The molecule has 7 heteroatoms. The second kappa shape index (κ2) is 8.49. The van der Waals surface area contributed by atoms with Crippen molar-refractivity contribution in [3.63, 3.8) is 0 Å². The molecule has 0 fully saturated rings. The van der Waals surface area contributed by atoms with E-state index in [1.165, 1.54) is 0 Å². The van der Waals surface area contributed by atoms with Crippen LogP contribution in [0.2, 0.25) is 0 Å². The fourth-order valence-corrected chi connectivity index (χ4v) is 2.99. The lowest BCUT2D eigenvalue weighted by atomic mass is 9.87. The Morgan fingerprint density at radius 1 is 1.00 bits per heavy atom. The van der Waals surface area contributed by atoms with Crippen molar-refractivity contribution in [2.75, 3.05) is 6.61 Å². The molecule has 0 spiro atoms. The molecule has 1 aromatic heterocycles. The fourth-order valence-electron chi connectivity index (χ4n) is 2.99. The molecule has 0 saturated heterocycles. The van der Waals surface area contributed by atoms with E-state index < -0.39 is 11.9 Å². The van der Waals surface area contributed by atoms with Crippen molar-refractivity contribution in [3.8, 4) is 0 Å². The average Bonchev–Trinajstić information content (AvgIpc) is 2.71. The number of rotatable bonds is 5. The van der Waals surface area contributed by atoms with Gasteiger partial charge in [-0.3, -0.25) is 0 Å². The maximum absolute atomic E-state index is 12.7. The van der Waals surface area contributed by atoms with Gasteiger partial charge in [0.1, 0.15) is 12.1 Å². The highest BCUT2D eigenvalue weighted by Gasteiger charge is 2.28. The molecule has 2 aromatic carbocycles. The molecule has 0 unspecified atom stereocenters. The molecule has 0 N–H and O–H groups in total. The summed E-state index contributed by atoms with van der Waals surface area (Å²) >= 11 is 0. The summed E-state index contributed by atoms with van der Waals surface area (Å²) in [7, 11) is 0. The van der Waals surface area contributed by atoms with E-state index in [0.717, 1.165) is 5.56 Å². The minimum Gasteiger partial charge on any atom is -0.618 e. The Morgan fingerprint density at radius 2 is 1.67 bits per heavy atom. The first kappa shape index (κ1) is 21.2. The Labute approximate surface area is 174 Å². The van der Waals surface area contributed by atoms with Crippen LogP contribution < -0.4 is 4.73 Å². The smallest absolute Gasteiger partial charge is 0.407 e. The molecule has 0 atom stereocenters. The van der Waals surface area contributed by atoms with Crippen LogP contribution >= 0.6 is 0 Å². The van der Waals surface area contributed by atoms with Gasteiger partial charge in [-0.1, -0.05) is 45.0 Å². The van der Waals surface area contributed by atoms with Crippen LogP contribution in [0.3, 0.4) is 0 Å². The Kier molecular flexibility index (Phi) is 6.01. The number of aromatic nitrogens is 2. The van der Waals surface area contributed by atoms with E-state index in [9.17, 15) is 14.8 Å². The van der Waals surface area contributed by atoms with Crippen LogP contribution in [0, 0.1) is 5.21 Å². The molecule has 0 aliphatic rings. The van der Waals surface area contributed by atoms with Gasteiger partial charge in [0.05, 0.1) is 12.2 Å². The summed E-state index contributed by atoms with van der Waals surface area (Å²) in [4.78, 5) is 29.2. The number of benzene rings is 2. The van der Waals surface area contributed by atoms with Gasteiger partial charge in [-0.2, -0.15) is 4.73 Å². The largest absolute Gasteiger partial charge is 0.618 e. The van der Waals surface area contributed by atoms with Crippen LogP contribution in [0.25, 0.3) is 11.0 Å². The van der Waals surface area contributed by atoms with Crippen LogP contribution in [0.15, 0.2) is 48.5 Å². The Bertz CT molecular complexity index is 1090. The third kappa shape index (κ3) is 4.40. The molecule has 3 rings (SSSR count). The van der Waals surface area contributed by atoms with Crippen LogP contribution in [-0.4, -0.2) is 23.5 Å². The number of ether oxygens (including phenoxy) is 2. The minimum absolute atomic E-state index is 0.0340. The van der Waals surface area contributed by atoms with Gasteiger partial charge >= 0.3 is 17.6 Å². The number of hydrogen-bond donors (Lipinski definition) is 0. The van der Waals surface area contributed by atoms with Crippen LogP contribution in [-0.2, 0) is 21.5 Å². The topological polar surface area (TPSA) is 92.4 Å². The fraction of sp³-hybridized carbons (Fsp3) is 0.304. The summed E-state index contributed by atoms with van der Waals surface area (Å²) in [6.07, 6.45) is 0. The third-order valence-corrected chi connectivity index (χ3v) is 4.63. The van der Waals surface area contributed by atoms with Crippen LogP contribution in [0.1, 0.15) is 59.8 Å². The minimum atomic E-state index is -0.814. The van der Waals surface area contributed by atoms with Crippen molar-refractivity contribution in [1.29, 1.82) is 0 Å². The standard InChI is InChI=1S/C23H24N2O5/c1-5-29-22(27)20-18(24-17-8-6-7-9-19(17)25(20)28)14-30-21(26)15-10-12-16(13-11-15)23(2,3)4/h6-13H,5,14H2,1-4H3. The summed E-state index contributed by atoms with van der Waals surface area (Å²) < 4.78 is 10.8. The zero-order valence-electron chi connectivity index (χ0n) is 17.5. The first-order valence-corrected chi connectivity index (χ1v) is 9.68. The van der Waals surface area contributed by atoms with Gasteiger partial charge in [-0.15, -0.1) is 0 Å². The highest BCUT2D eigenvalue weighted by molar-refractivity contribution is 5.90. The predicted molar refractivity (Wildman–Crippen MR) is 111 cm³/mol. The Balaban J connectivity index is 1.88. The van der Waals surface area contributed by atoms with E-state index >= 15 is 0 Å². The van der Waals surface area contributed by atoms with E-state index in [-0.39, 0.29) is 35.5 Å². The van der Waals surface area contributed by atoms with E-state index in [0.29, 0.717) is 15.8 Å². The van der Waals surface area contributed by atoms with Crippen molar-refractivity contribution >= 4 is 23.0 Å². The molecule has 0 radical (unpaired) electrons. The molecule has 0 bridgehead atoms. The molecular weight excluding hydrogens is 384 g/mol. The molecule has 3 aromatic rings. The lowest BCUT2D eigenvalue weighted by molar-refractivity contribution is -0.581. The molecule has 0 aliphatic carbocycles. The van der Waals surface area contributed by atoms with Crippen molar-refractivity contribution < 1.29 is 23.8 Å². The first-order valence-electron chi connectivity index (χ1n) is 9.68. The Morgan fingerprint density at radius 3 is 2.30 bits per heavy atom. The van der Waals surface area contributed by atoms with E-state index in [2.05, 4.69) is 25.8 Å². The molecular formula is C23H24N2O5. The lowest BCUT2D eigenvalue weighted by Crippen LogP contribution is -2.39. The van der Waals surface area contributed by atoms with Gasteiger partial charge in [0.15, 0.2) is 5.69 Å². The Hall–Kier alpha value is -3.48. The van der Waals surface area contributed by atoms with E-state index in [1.54, 1.807) is 43.3 Å². The normalized spacial score (nSPS) is 11.3. The summed E-state index contributed by atoms with van der Waals surface area (Å²) in [6, 6.07) is 13.7. The van der Waals surface area contributed by atoms with Crippen molar-refractivity contribution in [3.05, 3.63) is 76.3 Å². The van der Waals surface area contributed by atoms with Crippen LogP contribution in [0.5, 0.6) is 0 Å². The monoisotopic (exact) mass is 408 g/mol. The average molecular weight is 408 g/mol. The van der Waals surface area contributed by atoms with Gasteiger partial charge in [-0.25, -0.2) is 14.6 Å². The van der Waals surface area contributed by atoms with Gasteiger partial charge in [0.2, 0.25) is 5.52 Å². The third-order valence-electron chi connectivity index (χ3n) is 4.63. The zero-order valence-corrected chi connectivity index (χ0v) is 17.5. The highest BCUT2D eigenvalue weighted by Crippen LogP contribution is 2.22. The highest BCUT2D eigenvalue weighted by atomic mass is 16.5. The van der Waals surface area contributed by atoms with Gasteiger partial charge in [-0.05, 0) is 36.1 Å². The van der Waals surface area contributed by atoms with Crippen LogP contribution in [0.4, 0.5) is 0 Å². The molecule has 0 amide bonds. The SMILES string of the molecule is CCOC(=O)c1c(COC(=O)c2ccc(C(C)(C)C)cc2)nc2ccccc2[n+]1[O-]. The number of carbonyl (C=O) groups is 2. The zero-order chi connectivity index (χ0) is 21.9. The van der Waals surface area contributed by atoms with E-state index in [1.807, 2.05) is 12.1 Å². The second-order valence-corrected chi connectivity index (χ2v) is 7.81. The number of hydrogen-bond acceptors (Lipinski definition) is 6. The van der Waals surface area contributed by atoms with Gasteiger partial charge in [0, 0.05) is 6.07 Å². The molecule has 30 heavy (non-hydrogen) atoms. The number of fused-ring (bicyclic) bond motifs is 1.